The van der Waals surface area contributed by atoms with Gasteiger partial charge in [-0.1, -0.05) is 32.0 Å². The summed E-state index contributed by atoms with van der Waals surface area (Å²) in [5.74, 6) is -0.104. The number of nitrogens with zero attached hydrogens (tertiary/aromatic N) is 1. The summed E-state index contributed by atoms with van der Waals surface area (Å²) in [6.45, 7) is 6.26. The number of carbonyl (C=O) groups excluding carboxylic acids is 2. The van der Waals surface area contributed by atoms with Crippen LogP contribution in [-0.4, -0.2) is 46.2 Å². The number of hydrogen-bond donors (Lipinski definition) is 2. The second kappa shape index (κ2) is 10.8. The van der Waals surface area contributed by atoms with Crippen molar-refractivity contribution < 1.29 is 22.7 Å². The smallest absolute Gasteiger partial charge is 0.253 e. The molecule has 2 aromatic rings. The predicted molar refractivity (Wildman–Crippen MR) is 122 cm³/mol. The van der Waals surface area contributed by atoms with Crippen molar-refractivity contribution in [2.24, 2.45) is 5.92 Å². The van der Waals surface area contributed by atoms with E-state index in [-0.39, 0.29) is 11.8 Å². The minimum Gasteiger partial charge on any atom is -0.494 e. The van der Waals surface area contributed by atoms with Gasteiger partial charge in [-0.15, -0.1) is 0 Å². The van der Waals surface area contributed by atoms with E-state index in [0.717, 1.165) is 10.6 Å². The number of rotatable bonds is 10. The molecule has 0 saturated carbocycles. The number of nitrogens with one attached hydrogen (secondary N) is 2. The van der Waals surface area contributed by atoms with Gasteiger partial charge in [0, 0.05) is 12.6 Å². The first-order valence-corrected chi connectivity index (χ1v) is 11.8. The molecule has 0 spiro atoms. The lowest BCUT2D eigenvalue weighted by Crippen LogP contribution is -2.37. The molecule has 31 heavy (non-hydrogen) atoms. The van der Waals surface area contributed by atoms with Gasteiger partial charge in [-0.05, 0) is 37.1 Å². The molecule has 0 bridgehead atoms. The van der Waals surface area contributed by atoms with E-state index in [1.54, 1.807) is 48.5 Å². The molecule has 2 rings (SSSR count). The molecular formula is C22H29N3O5S. The maximum atomic E-state index is 12.7. The van der Waals surface area contributed by atoms with E-state index >= 15 is 0 Å². The largest absolute Gasteiger partial charge is 0.494 e. The van der Waals surface area contributed by atoms with Gasteiger partial charge < -0.3 is 15.4 Å². The Hall–Kier alpha value is -3.07. The quantitative estimate of drug-likeness (QED) is 0.583. The van der Waals surface area contributed by atoms with Gasteiger partial charge >= 0.3 is 0 Å². The maximum absolute atomic E-state index is 12.7. The van der Waals surface area contributed by atoms with E-state index in [1.807, 2.05) is 20.8 Å². The maximum Gasteiger partial charge on any atom is 0.253 e. The zero-order valence-corrected chi connectivity index (χ0v) is 19.0. The molecule has 0 aliphatic rings. The molecule has 0 fully saturated rings. The normalized spacial score (nSPS) is 11.1. The van der Waals surface area contributed by atoms with Gasteiger partial charge in [0.1, 0.15) is 12.3 Å². The molecular weight excluding hydrogens is 418 g/mol. The van der Waals surface area contributed by atoms with Gasteiger partial charge in [0.15, 0.2) is 0 Å². The van der Waals surface area contributed by atoms with E-state index in [2.05, 4.69) is 10.6 Å². The van der Waals surface area contributed by atoms with Crippen LogP contribution in [0.2, 0.25) is 0 Å². The highest BCUT2D eigenvalue weighted by Gasteiger charge is 2.22. The first kappa shape index (κ1) is 24.2. The SMILES string of the molecule is CCOc1cccc(N(CC(=O)Nc2ccccc2C(=O)NCC(C)C)S(C)(=O)=O)c1. The average molecular weight is 448 g/mol. The Morgan fingerprint density at radius 1 is 1.10 bits per heavy atom. The molecule has 9 heteroatoms. The number of para-hydroxylation sites is 1. The third-order valence-electron chi connectivity index (χ3n) is 4.22. The first-order valence-electron chi connectivity index (χ1n) is 9.99. The highest BCUT2D eigenvalue weighted by Crippen LogP contribution is 2.23. The zero-order valence-electron chi connectivity index (χ0n) is 18.2. The third-order valence-corrected chi connectivity index (χ3v) is 5.36. The van der Waals surface area contributed by atoms with Crippen LogP contribution in [0.4, 0.5) is 11.4 Å². The summed E-state index contributed by atoms with van der Waals surface area (Å²) in [6.07, 6.45) is 1.03. The Morgan fingerprint density at radius 3 is 2.45 bits per heavy atom. The Labute approximate surface area is 183 Å². The van der Waals surface area contributed by atoms with Crippen molar-refractivity contribution in [1.82, 2.24) is 5.32 Å². The van der Waals surface area contributed by atoms with E-state index < -0.39 is 22.5 Å². The standard InChI is InChI=1S/C22H29N3O5S/c1-5-30-18-10-8-9-17(13-18)25(31(4,28)29)15-21(26)24-20-12-7-6-11-19(20)22(27)23-14-16(2)3/h6-13,16H,5,14-15H2,1-4H3,(H,23,27)(H,24,26). The second-order valence-corrected chi connectivity index (χ2v) is 9.30. The number of anilines is 2. The number of sulfonamides is 1. The number of ether oxygens (including phenoxy) is 1. The van der Waals surface area contributed by atoms with Crippen LogP contribution in [0.25, 0.3) is 0 Å². The van der Waals surface area contributed by atoms with Crippen molar-refractivity contribution in [2.45, 2.75) is 20.8 Å². The zero-order chi connectivity index (χ0) is 23.0. The van der Waals surface area contributed by atoms with Crippen LogP contribution in [-0.2, 0) is 14.8 Å². The van der Waals surface area contributed by atoms with Gasteiger partial charge in [-0.2, -0.15) is 0 Å². The summed E-state index contributed by atoms with van der Waals surface area (Å²) in [6, 6.07) is 13.1. The molecule has 0 heterocycles. The molecule has 8 nitrogen and oxygen atoms in total. The molecule has 0 unspecified atom stereocenters. The van der Waals surface area contributed by atoms with Crippen LogP contribution in [0.3, 0.4) is 0 Å². The number of amides is 2. The van der Waals surface area contributed by atoms with Gasteiger partial charge in [0.25, 0.3) is 5.91 Å². The van der Waals surface area contributed by atoms with Crippen LogP contribution in [0, 0.1) is 5.92 Å². The summed E-state index contributed by atoms with van der Waals surface area (Å²) in [5.41, 5.74) is 0.928. The summed E-state index contributed by atoms with van der Waals surface area (Å²) in [5, 5.41) is 5.46. The predicted octanol–water partition coefficient (Wildman–Crippen LogP) is 2.88. The molecule has 0 aromatic heterocycles. The highest BCUT2D eigenvalue weighted by atomic mass is 32.2. The Morgan fingerprint density at radius 2 is 1.81 bits per heavy atom. The molecule has 0 atom stereocenters. The lowest BCUT2D eigenvalue weighted by molar-refractivity contribution is -0.114. The summed E-state index contributed by atoms with van der Waals surface area (Å²) in [4.78, 5) is 25.2. The van der Waals surface area contributed by atoms with Crippen LogP contribution in [0.1, 0.15) is 31.1 Å². The number of hydrogen-bond acceptors (Lipinski definition) is 5. The topological polar surface area (TPSA) is 105 Å². The minimum atomic E-state index is -3.74. The first-order chi connectivity index (χ1) is 14.6. The van der Waals surface area contributed by atoms with Crippen molar-refractivity contribution in [3.8, 4) is 5.75 Å². The van der Waals surface area contributed by atoms with Gasteiger partial charge in [-0.25, -0.2) is 8.42 Å². The van der Waals surface area contributed by atoms with Crippen LogP contribution >= 0.6 is 0 Å². The Bertz CT molecular complexity index is 1020. The molecule has 0 saturated heterocycles. The summed E-state index contributed by atoms with van der Waals surface area (Å²) in [7, 11) is -3.74. The fourth-order valence-electron chi connectivity index (χ4n) is 2.80. The van der Waals surface area contributed by atoms with E-state index in [1.165, 1.54) is 0 Å². The van der Waals surface area contributed by atoms with Crippen molar-refractivity contribution in [2.75, 3.05) is 35.6 Å². The third kappa shape index (κ3) is 7.29. The van der Waals surface area contributed by atoms with Crippen molar-refractivity contribution >= 4 is 33.2 Å². The summed E-state index contributed by atoms with van der Waals surface area (Å²) >= 11 is 0. The Balaban J connectivity index is 2.21. The summed E-state index contributed by atoms with van der Waals surface area (Å²) < 4.78 is 31.1. The van der Waals surface area contributed by atoms with E-state index in [9.17, 15) is 18.0 Å². The van der Waals surface area contributed by atoms with Crippen molar-refractivity contribution in [3.05, 3.63) is 54.1 Å². The van der Waals surface area contributed by atoms with E-state index in [0.29, 0.717) is 35.8 Å². The number of benzene rings is 2. The molecule has 0 radical (unpaired) electrons. The van der Waals surface area contributed by atoms with Gasteiger partial charge in [0.2, 0.25) is 15.9 Å². The average Bonchev–Trinajstić information content (AvgIpc) is 2.70. The fourth-order valence-corrected chi connectivity index (χ4v) is 3.65. The molecule has 0 aliphatic heterocycles. The second-order valence-electron chi connectivity index (χ2n) is 7.40. The fraction of sp³-hybridized carbons (Fsp3) is 0.364. The van der Waals surface area contributed by atoms with Crippen LogP contribution in [0.5, 0.6) is 5.75 Å². The van der Waals surface area contributed by atoms with E-state index in [4.69, 9.17) is 4.74 Å². The molecule has 2 aromatic carbocycles. The monoisotopic (exact) mass is 447 g/mol. The highest BCUT2D eigenvalue weighted by molar-refractivity contribution is 7.92. The van der Waals surface area contributed by atoms with Gasteiger partial charge in [0.05, 0.1) is 29.8 Å². The molecule has 168 valence electrons. The molecule has 2 amide bonds. The van der Waals surface area contributed by atoms with Gasteiger partial charge in [-0.3, -0.25) is 13.9 Å². The van der Waals surface area contributed by atoms with Crippen LogP contribution < -0.4 is 19.7 Å². The minimum absolute atomic E-state index is 0.279. The Kier molecular flexibility index (Phi) is 8.44. The van der Waals surface area contributed by atoms with Crippen molar-refractivity contribution in [1.29, 1.82) is 0 Å². The van der Waals surface area contributed by atoms with Crippen molar-refractivity contribution in [3.63, 3.8) is 0 Å². The lowest BCUT2D eigenvalue weighted by atomic mass is 10.1. The lowest BCUT2D eigenvalue weighted by Gasteiger charge is -2.22. The number of carbonyl (C=O) groups is 2. The van der Waals surface area contributed by atoms with Crippen LogP contribution in [0.15, 0.2) is 48.5 Å². The molecule has 0 aliphatic carbocycles. The molecule has 2 N–H and O–H groups in total.